The highest BCUT2D eigenvalue weighted by Gasteiger charge is 2.20. The molecule has 19 heavy (non-hydrogen) atoms. The molecule has 1 amide bonds. The molecule has 4 nitrogen and oxygen atoms in total. The molecule has 0 atom stereocenters. The van der Waals surface area contributed by atoms with Crippen LogP contribution in [0.3, 0.4) is 0 Å². The highest BCUT2D eigenvalue weighted by molar-refractivity contribution is 7.21. The number of carbonyl (C=O) groups is 1. The van der Waals surface area contributed by atoms with Crippen LogP contribution >= 0.6 is 22.9 Å². The molecule has 0 radical (unpaired) electrons. The monoisotopic (exact) mass is 298 g/mol. The molecule has 3 N–H and O–H groups in total. The Kier molecular flexibility index (Phi) is 4.29. The number of anilines is 1. The molecule has 1 aromatic heterocycles. The van der Waals surface area contributed by atoms with Crippen molar-refractivity contribution in [2.75, 3.05) is 25.4 Å². The third kappa shape index (κ3) is 2.68. The molecule has 0 aliphatic carbocycles. The van der Waals surface area contributed by atoms with E-state index >= 15 is 0 Å². The lowest BCUT2D eigenvalue weighted by Gasteiger charge is -2.18. The molecule has 1 aromatic carbocycles. The number of carbonyl (C=O) groups excluding carboxylic acids is 1. The molecule has 1 heterocycles. The minimum absolute atomic E-state index is 0.0593. The molecule has 0 aliphatic heterocycles. The number of amides is 1. The molecule has 2 aromatic rings. The molecule has 2 rings (SSSR count). The summed E-state index contributed by atoms with van der Waals surface area (Å²) in [6.45, 7) is 2.65. The summed E-state index contributed by atoms with van der Waals surface area (Å²) in [5.74, 6) is -0.147. The summed E-state index contributed by atoms with van der Waals surface area (Å²) in [6.07, 6.45) is 0. The van der Waals surface area contributed by atoms with E-state index in [4.69, 9.17) is 22.4 Å². The molecule has 0 spiro atoms. The number of benzene rings is 1. The van der Waals surface area contributed by atoms with E-state index in [0.29, 0.717) is 28.7 Å². The van der Waals surface area contributed by atoms with Crippen molar-refractivity contribution in [1.82, 2.24) is 4.90 Å². The van der Waals surface area contributed by atoms with Crippen LogP contribution in [0.15, 0.2) is 18.2 Å². The second kappa shape index (κ2) is 5.77. The molecule has 0 aliphatic rings. The number of nitrogen functional groups attached to an aromatic ring is 1. The van der Waals surface area contributed by atoms with E-state index in [1.54, 1.807) is 17.0 Å². The van der Waals surface area contributed by atoms with Gasteiger partial charge < -0.3 is 15.7 Å². The number of aliphatic hydroxyl groups excluding tert-OH is 1. The number of rotatable bonds is 4. The number of halogens is 1. The van der Waals surface area contributed by atoms with Crippen molar-refractivity contribution in [3.63, 3.8) is 0 Å². The van der Waals surface area contributed by atoms with Gasteiger partial charge in [-0.3, -0.25) is 4.79 Å². The minimum Gasteiger partial charge on any atom is -0.397 e. The Morgan fingerprint density at radius 3 is 2.89 bits per heavy atom. The van der Waals surface area contributed by atoms with E-state index in [9.17, 15) is 4.79 Å². The first-order valence-corrected chi connectivity index (χ1v) is 7.15. The van der Waals surface area contributed by atoms with Crippen LogP contribution in [0.25, 0.3) is 10.1 Å². The molecule has 0 saturated heterocycles. The van der Waals surface area contributed by atoms with Crippen LogP contribution in [0, 0.1) is 0 Å². The number of likely N-dealkylation sites (N-methyl/N-ethyl adjacent to an activating group) is 1. The highest BCUT2D eigenvalue weighted by atomic mass is 35.5. The number of fused-ring (bicyclic) bond motifs is 1. The molecule has 6 heteroatoms. The Morgan fingerprint density at radius 2 is 2.26 bits per heavy atom. The van der Waals surface area contributed by atoms with Crippen LogP contribution in [0.2, 0.25) is 5.02 Å². The fourth-order valence-corrected chi connectivity index (χ4v) is 3.16. The molecular weight excluding hydrogens is 284 g/mol. The maximum Gasteiger partial charge on any atom is 0.266 e. The maximum atomic E-state index is 12.4. The van der Waals surface area contributed by atoms with E-state index in [-0.39, 0.29) is 12.5 Å². The average Bonchev–Trinajstić information content (AvgIpc) is 2.72. The van der Waals surface area contributed by atoms with E-state index in [1.807, 2.05) is 13.0 Å². The zero-order valence-corrected chi connectivity index (χ0v) is 12.1. The van der Waals surface area contributed by atoms with Crippen molar-refractivity contribution in [2.45, 2.75) is 6.92 Å². The van der Waals surface area contributed by atoms with Gasteiger partial charge in [0.1, 0.15) is 4.88 Å². The third-order valence-corrected chi connectivity index (χ3v) is 4.33. The average molecular weight is 299 g/mol. The summed E-state index contributed by atoms with van der Waals surface area (Å²) in [7, 11) is 0. The Bertz CT molecular complexity index is 612. The van der Waals surface area contributed by atoms with Crippen molar-refractivity contribution in [1.29, 1.82) is 0 Å². The lowest BCUT2D eigenvalue weighted by atomic mass is 10.2. The topological polar surface area (TPSA) is 66.6 Å². The normalized spacial score (nSPS) is 10.9. The predicted octanol–water partition coefficient (Wildman–Crippen LogP) is 2.59. The van der Waals surface area contributed by atoms with Gasteiger partial charge in [0.25, 0.3) is 5.91 Å². The van der Waals surface area contributed by atoms with Crippen molar-refractivity contribution >= 4 is 44.6 Å². The van der Waals surface area contributed by atoms with Gasteiger partial charge in [-0.05, 0) is 25.1 Å². The second-order valence-corrected chi connectivity index (χ2v) is 5.58. The zero-order valence-electron chi connectivity index (χ0n) is 10.5. The van der Waals surface area contributed by atoms with Gasteiger partial charge in [-0.1, -0.05) is 11.6 Å². The number of hydrogen-bond acceptors (Lipinski definition) is 4. The highest BCUT2D eigenvalue weighted by Crippen LogP contribution is 2.35. The van der Waals surface area contributed by atoms with Crippen LogP contribution in [0.5, 0.6) is 0 Å². The van der Waals surface area contributed by atoms with Gasteiger partial charge in [-0.15, -0.1) is 11.3 Å². The SMILES string of the molecule is CCN(CCO)C(=O)c1sc2ccc(Cl)cc2c1N. The van der Waals surface area contributed by atoms with Gasteiger partial charge >= 0.3 is 0 Å². The van der Waals surface area contributed by atoms with Gasteiger partial charge in [0.15, 0.2) is 0 Å². The van der Waals surface area contributed by atoms with Gasteiger partial charge in [0, 0.05) is 28.2 Å². The molecule has 0 saturated carbocycles. The Balaban J connectivity index is 2.45. The van der Waals surface area contributed by atoms with Gasteiger partial charge in [0.2, 0.25) is 0 Å². The van der Waals surface area contributed by atoms with Gasteiger partial charge in [-0.25, -0.2) is 0 Å². The summed E-state index contributed by atoms with van der Waals surface area (Å²) in [5, 5.41) is 10.4. The van der Waals surface area contributed by atoms with Crippen molar-refractivity contribution in [3.8, 4) is 0 Å². The summed E-state index contributed by atoms with van der Waals surface area (Å²) in [5.41, 5.74) is 6.50. The van der Waals surface area contributed by atoms with Gasteiger partial charge in [0.05, 0.1) is 12.3 Å². The van der Waals surface area contributed by atoms with E-state index in [1.165, 1.54) is 11.3 Å². The molecule has 0 bridgehead atoms. The number of nitrogens with two attached hydrogens (primary N) is 1. The number of nitrogens with zero attached hydrogens (tertiary/aromatic N) is 1. The second-order valence-electron chi connectivity index (χ2n) is 4.09. The summed E-state index contributed by atoms with van der Waals surface area (Å²) in [6, 6.07) is 5.40. The van der Waals surface area contributed by atoms with Crippen LogP contribution in [0.4, 0.5) is 5.69 Å². The van der Waals surface area contributed by atoms with Crippen molar-refractivity contribution < 1.29 is 9.90 Å². The standard InChI is InChI=1S/C13H15ClN2O2S/c1-2-16(5-6-17)13(18)12-11(15)9-7-8(14)3-4-10(9)19-12/h3-4,7,17H,2,5-6,15H2,1H3. The van der Waals surface area contributed by atoms with Crippen LogP contribution in [0.1, 0.15) is 16.6 Å². The van der Waals surface area contributed by atoms with Crippen LogP contribution in [-0.4, -0.2) is 35.6 Å². The van der Waals surface area contributed by atoms with E-state index < -0.39 is 0 Å². The number of thiophene rings is 1. The lowest BCUT2D eigenvalue weighted by molar-refractivity contribution is 0.0738. The van der Waals surface area contributed by atoms with Gasteiger partial charge in [-0.2, -0.15) is 0 Å². The fourth-order valence-electron chi connectivity index (χ4n) is 1.92. The zero-order chi connectivity index (χ0) is 14.0. The number of aliphatic hydroxyl groups is 1. The van der Waals surface area contributed by atoms with Crippen molar-refractivity contribution in [3.05, 3.63) is 28.1 Å². The Morgan fingerprint density at radius 1 is 1.53 bits per heavy atom. The molecular formula is C13H15ClN2O2S. The molecule has 0 unspecified atom stereocenters. The molecule has 0 fully saturated rings. The quantitative estimate of drug-likeness (QED) is 0.912. The summed E-state index contributed by atoms with van der Waals surface area (Å²) < 4.78 is 0.935. The minimum atomic E-state index is -0.147. The first-order chi connectivity index (χ1) is 9.08. The maximum absolute atomic E-state index is 12.4. The smallest absolute Gasteiger partial charge is 0.266 e. The summed E-state index contributed by atoms with van der Waals surface area (Å²) >= 11 is 7.29. The largest absolute Gasteiger partial charge is 0.397 e. The first-order valence-electron chi connectivity index (χ1n) is 5.96. The lowest BCUT2D eigenvalue weighted by Crippen LogP contribution is -2.33. The van der Waals surface area contributed by atoms with E-state index in [0.717, 1.165) is 10.1 Å². The van der Waals surface area contributed by atoms with Crippen LogP contribution < -0.4 is 5.73 Å². The van der Waals surface area contributed by atoms with Crippen molar-refractivity contribution in [2.24, 2.45) is 0 Å². The molecule has 102 valence electrons. The first kappa shape index (κ1) is 14.1. The number of hydrogen-bond donors (Lipinski definition) is 2. The van der Waals surface area contributed by atoms with Crippen LogP contribution in [-0.2, 0) is 0 Å². The summed E-state index contributed by atoms with van der Waals surface area (Å²) in [4.78, 5) is 14.4. The third-order valence-electron chi connectivity index (χ3n) is 2.92. The Labute approximate surface area is 120 Å². The fraction of sp³-hybridized carbons (Fsp3) is 0.308. The predicted molar refractivity (Wildman–Crippen MR) is 79.9 cm³/mol. The van der Waals surface area contributed by atoms with E-state index in [2.05, 4.69) is 0 Å². The Hall–Kier alpha value is -1.30.